The van der Waals surface area contributed by atoms with Gasteiger partial charge in [-0.2, -0.15) is 16.9 Å². The van der Waals surface area contributed by atoms with Gasteiger partial charge in [-0.25, -0.2) is 9.97 Å². The van der Waals surface area contributed by atoms with Crippen LogP contribution in [0.15, 0.2) is 73.2 Å². The first-order chi connectivity index (χ1) is 17.2. The van der Waals surface area contributed by atoms with Crippen LogP contribution in [0.5, 0.6) is 0 Å². The molecule has 0 unspecified atom stereocenters. The topological polar surface area (TPSA) is 103 Å². The summed E-state index contributed by atoms with van der Waals surface area (Å²) in [6, 6.07) is 17.8. The van der Waals surface area contributed by atoms with E-state index in [1.807, 2.05) is 77.5 Å². The van der Waals surface area contributed by atoms with Gasteiger partial charge in [0.2, 0.25) is 0 Å². The van der Waals surface area contributed by atoms with E-state index < -0.39 is 0 Å². The summed E-state index contributed by atoms with van der Waals surface area (Å²) in [5.41, 5.74) is 5.45. The van der Waals surface area contributed by atoms with E-state index in [0.717, 1.165) is 46.4 Å². The Morgan fingerprint density at radius 1 is 1.06 bits per heavy atom. The molecule has 3 aromatic heterocycles. The van der Waals surface area contributed by atoms with Crippen LogP contribution in [0.25, 0.3) is 33.4 Å². The highest BCUT2D eigenvalue weighted by Gasteiger charge is 2.31. The Balaban J connectivity index is 1.20. The molecule has 0 atom stereocenters. The van der Waals surface area contributed by atoms with E-state index in [9.17, 15) is 4.79 Å². The lowest BCUT2D eigenvalue weighted by atomic mass is 10.1. The van der Waals surface area contributed by atoms with E-state index in [1.54, 1.807) is 12.4 Å². The number of carbonyl (C=O) groups is 1. The van der Waals surface area contributed by atoms with Crippen molar-refractivity contribution in [3.05, 3.63) is 78.9 Å². The molecule has 1 aliphatic rings. The molecule has 0 saturated carbocycles. The van der Waals surface area contributed by atoms with Crippen LogP contribution >= 0.6 is 11.8 Å². The Morgan fingerprint density at radius 3 is 2.66 bits per heavy atom. The molecular formula is C26H23N7OS. The van der Waals surface area contributed by atoms with Crippen molar-refractivity contribution in [3.63, 3.8) is 0 Å². The number of nitrogens with zero attached hydrogens (tertiary/aromatic N) is 4. The van der Waals surface area contributed by atoms with Crippen LogP contribution in [0.4, 0.5) is 11.5 Å². The fourth-order valence-electron chi connectivity index (χ4n) is 4.17. The van der Waals surface area contributed by atoms with Gasteiger partial charge in [0.15, 0.2) is 5.82 Å². The molecule has 0 bridgehead atoms. The Kier molecular flexibility index (Phi) is 5.46. The minimum atomic E-state index is 0.0503. The van der Waals surface area contributed by atoms with Crippen LogP contribution in [0.2, 0.25) is 0 Å². The number of rotatable bonds is 6. The molecule has 174 valence electrons. The summed E-state index contributed by atoms with van der Waals surface area (Å²) >= 11 is 1.81. The maximum atomic E-state index is 12.8. The van der Waals surface area contributed by atoms with Gasteiger partial charge in [0.1, 0.15) is 11.5 Å². The molecule has 1 fully saturated rings. The number of aromatic amines is 2. The second-order valence-electron chi connectivity index (χ2n) is 8.51. The Labute approximate surface area is 206 Å². The summed E-state index contributed by atoms with van der Waals surface area (Å²) in [5, 5.41) is 11.7. The number of thioether (sulfide) groups is 1. The smallest absolute Gasteiger partial charge is 0.270 e. The fourth-order valence-corrected chi connectivity index (χ4v) is 4.83. The molecule has 0 aliphatic carbocycles. The highest BCUT2D eigenvalue weighted by atomic mass is 32.2. The first-order valence-corrected chi connectivity index (χ1v) is 12.6. The van der Waals surface area contributed by atoms with E-state index in [2.05, 4.69) is 31.7 Å². The second kappa shape index (κ2) is 8.92. The molecular weight excluding hydrogens is 458 g/mol. The Morgan fingerprint density at radius 2 is 1.89 bits per heavy atom. The Bertz CT molecular complexity index is 1490. The van der Waals surface area contributed by atoms with Crippen LogP contribution in [0, 0.1) is 0 Å². The predicted octanol–water partition coefficient (Wildman–Crippen LogP) is 4.95. The average Bonchev–Trinajstić information content (AvgIpc) is 3.54. The molecule has 1 aliphatic heterocycles. The molecule has 8 nitrogen and oxygen atoms in total. The zero-order valence-electron chi connectivity index (χ0n) is 19.0. The van der Waals surface area contributed by atoms with Crippen LogP contribution in [-0.2, 0) is 0 Å². The summed E-state index contributed by atoms with van der Waals surface area (Å²) in [6.45, 7) is 1.61. The first kappa shape index (κ1) is 21.4. The van der Waals surface area contributed by atoms with Crippen LogP contribution in [0.1, 0.15) is 10.5 Å². The quantitative estimate of drug-likeness (QED) is 0.317. The molecule has 1 amide bonds. The van der Waals surface area contributed by atoms with Crippen LogP contribution < -0.4 is 5.32 Å². The van der Waals surface area contributed by atoms with E-state index in [0.29, 0.717) is 22.6 Å². The minimum absolute atomic E-state index is 0.0503. The normalized spacial score (nSPS) is 13.7. The van der Waals surface area contributed by atoms with Gasteiger partial charge in [-0.15, -0.1) is 0 Å². The predicted molar refractivity (Wildman–Crippen MR) is 140 cm³/mol. The molecule has 2 aromatic carbocycles. The Hall–Kier alpha value is -4.11. The number of fused-ring (bicyclic) bond motifs is 1. The number of H-pyrrole nitrogens is 2. The monoisotopic (exact) mass is 481 g/mol. The number of carbonyl (C=O) groups excluding carboxylic acids is 1. The molecule has 4 heterocycles. The van der Waals surface area contributed by atoms with Crippen molar-refractivity contribution in [1.82, 2.24) is 30.0 Å². The third kappa shape index (κ3) is 4.26. The third-order valence-corrected chi connectivity index (χ3v) is 7.19. The largest absolute Gasteiger partial charge is 0.351 e. The van der Waals surface area contributed by atoms with Gasteiger partial charge in [-0.05, 0) is 42.2 Å². The van der Waals surface area contributed by atoms with Gasteiger partial charge < -0.3 is 15.2 Å². The van der Waals surface area contributed by atoms with Gasteiger partial charge in [-0.3, -0.25) is 9.89 Å². The van der Waals surface area contributed by atoms with Crippen molar-refractivity contribution in [2.75, 3.05) is 24.7 Å². The molecule has 35 heavy (non-hydrogen) atoms. The maximum absolute atomic E-state index is 12.8. The number of benzene rings is 2. The molecule has 6 rings (SSSR count). The van der Waals surface area contributed by atoms with Crippen LogP contribution in [0.3, 0.4) is 0 Å². The van der Waals surface area contributed by atoms with Crippen molar-refractivity contribution in [3.8, 4) is 22.5 Å². The van der Waals surface area contributed by atoms with E-state index >= 15 is 0 Å². The first-order valence-electron chi connectivity index (χ1n) is 11.3. The third-order valence-electron chi connectivity index (χ3n) is 6.22. The molecule has 0 spiro atoms. The lowest BCUT2D eigenvalue weighted by Gasteiger charge is -2.37. The summed E-state index contributed by atoms with van der Waals surface area (Å²) in [6.07, 6.45) is 7.49. The number of amides is 1. The lowest BCUT2D eigenvalue weighted by molar-refractivity contribution is 0.0659. The summed E-state index contributed by atoms with van der Waals surface area (Å²) in [5.74, 6) is 1.36. The van der Waals surface area contributed by atoms with Crippen molar-refractivity contribution in [2.24, 2.45) is 0 Å². The summed E-state index contributed by atoms with van der Waals surface area (Å²) in [7, 11) is 0. The van der Waals surface area contributed by atoms with Gasteiger partial charge in [-0.1, -0.05) is 24.3 Å². The number of anilines is 2. The number of nitrogens with one attached hydrogen (secondary N) is 3. The number of likely N-dealkylation sites (tertiary alicyclic amines) is 1. The molecule has 1 saturated heterocycles. The van der Waals surface area contributed by atoms with Crippen molar-refractivity contribution < 1.29 is 4.79 Å². The van der Waals surface area contributed by atoms with Gasteiger partial charge in [0.05, 0.1) is 6.20 Å². The summed E-state index contributed by atoms with van der Waals surface area (Å²) < 4.78 is 0. The zero-order valence-corrected chi connectivity index (χ0v) is 19.8. The SMILES string of the molecule is CSC1CN(C(=O)c2cc3ccc(-c4nccc(Nc5ccc(-c6cn[nH]c6)cc5)n4)cc3[nH]2)C1. The second-order valence-corrected chi connectivity index (χ2v) is 9.65. The van der Waals surface area contributed by atoms with Crippen molar-refractivity contribution in [2.45, 2.75) is 5.25 Å². The highest BCUT2D eigenvalue weighted by molar-refractivity contribution is 7.99. The zero-order chi connectivity index (χ0) is 23.8. The van der Waals surface area contributed by atoms with Gasteiger partial charge in [0.25, 0.3) is 5.91 Å². The molecule has 3 N–H and O–H groups in total. The standard InChI is InChI=1S/C26H23N7OS/c1-35-21-14-33(15-21)26(34)23-10-17-2-3-18(11-22(17)31-23)25-27-9-8-24(32-25)30-20-6-4-16(5-7-20)19-12-28-29-13-19/h2-13,21,31H,14-15H2,1H3,(H,28,29)(H,27,30,32). The van der Waals surface area contributed by atoms with E-state index in [1.165, 1.54) is 0 Å². The average molecular weight is 482 g/mol. The number of hydrogen-bond donors (Lipinski definition) is 3. The molecule has 5 aromatic rings. The van der Waals surface area contributed by atoms with Crippen LogP contribution in [-0.4, -0.2) is 60.6 Å². The fraction of sp³-hybridized carbons (Fsp3) is 0.154. The number of aromatic nitrogens is 5. The molecule has 0 radical (unpaired) electrons. The van der Waals surface area contributed by atoms with E-state index in [-0.39, 0.29) is 5.91 Å². The summed E-state index contributed by atoms with van der Waals surface area (Å²) in [4.78, 5) is 27.1. The van der Waals surface area contributed by atoms with Crippen molar-refractivity contribution in [1.29, 1.82) is 0 Å². The number of hydrogen-bond acceptors (Lipinski definition) is 6. The maximum Gasteiger partial charge on any atom is 0.270 e. The minimum Gasteiger partial charge on any atom is -0.351 e. The van der Waals surface area contributed by atoms with Crippen molar-refractivity contribution >= 4 is 40.1 Å². The van der Waals surface area contributed by atoms with Gasteiger partial charge >= 0.3 is 0 Å². The lowest BCUT2D eigenvalue weighted by Crippen LogP contribution is -2.52. The van der Waals surface area contributed by atoms with Gasteiger partial charge in [0, 0.05) is 58.5 Å². The highest BCUT2D eigenvalue weighted by Crippen LogP contribution is 2.27. The molecule has 9 heteroatoms. The van der Waals surface area contributed by atoms with E-state index in [4.69, 9.17) is 4.98 Å².